The molecule has 0 heterocycles. The lowest BCUT2D eigenvalue weighted by Gasteiger charge is -2.16. The molecule has 0 aliphatic heterocycles. The number of benzene rings is 1. The fourth-order valence-corrected chi connectivity index (χ4v) is 1.37. The lowest BCUT2D eigenvalue weighted by atomic mass is 10.2. The van der Waals surface area contributed by atoms with E-state index in [0.29, 0.717) is 0 Å². The van der Waals surface area contributed by atoms with Crippen molar-refractivity contribution in [2.24, 2.45) is 0 Å². The van der Waals surface area contributed by atoms with E-state index in [-0.39, 0.29) is 6.10 Å². The van der Waals surface area contributed by atoms with Crippen LogP contribution in [0.25, 0.3) is 0 Å². The van der Waals surface area contributed by atoms with E-state index in [4.69, 9.17) is 4.74 Å². The summed E-state index contributed by atoms with van der Waals surface area (Å²) < 4.78 is 5.86. The van der Waals surface area contributed by atoms with E-state index in [1.807, 2.05) is 24.3 Å². The maximum Gasteiger partial charge on any atom is 0.124 e. The number of hydrogen-bond acceptors (Lipinski definition) is 2. The molecule has 0 amide bonds. The fourth-order valence-electron chi connectivity index (χ4n) is 1.37. The summed E-state index contributed by atoms with van der Waals surface area (Å²) in [6.45, 7) is 9.54. The number of para-hydroxylation sites is 1. The minimum atomic E-state index is 0.264. The number of ether oxygens (including phenoxy) is 1. The molecule has 1 atom stereocenters. The molecule has 0 saturated heterocycles. The molecule has 0 radical (unpaired) electrons. The molecule has 1 aromatic rings. The summed E-state index contributed by atoms with van der Waals surface area (Å²) in [6.07, 6.45) is 3.15. The molecule has 1 aromatic carbocycles. The monoisotopic (exact) mass is 219 g/mol. The summed E-state index contributed by atoms with van der Waals surface area (Å²) in [7, 11) is 0. The van der Waals surface area contributed by atoms with Crippen molar-refractivity contribution in [2.75, 3.05) is 6.54 Å². The topological polar surface area (TPSA) is 21.3 Å². The molecule has 0 bridgehead atoms. The molecule has 16 heavy (non-hydrogen) atoms. The normalized spacial score (nSPS) is 12.1. The molecule has 0 aliphatic carbocycles. The van der Waals surface area contributed by atoms with Crippen LogP contribution in [0.5, 0.6) is 5.75 Å². The summed E-state index contributed by atoms with van der Waals surface area (Å²) in [5.74, 6) is 0.980. The fraction of sp³-hybridized carbons (Fsp3) is 0.429. The highest BCUT2D eigenvalue weighted by molar-refractivity contribution is 5.33. The molecule has 1 rings (SSSR count). The summed E-state index contributed by atoms with van der Waals surface area (Å²) in [6, 6.07) is 8.16. The van der Waals surface area contributed by atoms with Crippen LogP contribution in [0.4, 0.5) is 0 Å². The quantitative estimate of drug-likeness (QED) is 0.562. The first-order chi connectivity index (χ1) is 7.77. The molecule has 2 nitrogen and oxygen atoms in total. The van der Waals surface area contributed by atoms with Gasteiger partial charge in [0.2, 0.25) is 0 Å². The standard InChI is InChI=1S/C14H21NO/c1-4-10-15-11-13-8-6-7-9-14(13)16-12(3)5-2/h4,6-9,12,15H,1,5,10-11H2,2-3H3. The number of hydrogen-bond donors (Lipinski definition) is 1. The van der Waals surface area contributed by atoms with Gasteiger partial charge in [-0.25, -0.2) is 0 Å². The van der Waals surface area contributed by atoms with Crippen LogP contribution in [0.3, 0.4) is 0 Å². The van der Waals surface area contributed by atoms with Crippen molar-refractivity contribution in [1.82, 2.24) is 5.32 Å². The van der Waals surface area contributed by atoms with Gasteiger partial charge in [-0.15, -0.1) is 6.58 Å². The van der Waals surface area contributed by atoms with E-state index in [2.05, 4.69) is 31.8 Å². The van der Waals surface area contributed by atoms with Gasteiger partial charge in [0, 0.05) is 18.7 Å². The van der Waals surface area contributed by atoms with Crippen molar-refractivity contribution >= 4 is 0 Å². The second kappa shape index (κ2) is 7.07. The average molecular weight is 219 g/mol. The van der Waals surface area contributed by atoms with Crippen LogP contribution in [-0.2, 0) is 6.54 Å². The van der Waals surface area contributed by atoms with Crippen LogP contribution in [0.2, 0.25) is 0 Å². The number of rotatable bonds is 7. The zero-order valence-corrected chi connectivity index (χ0v) is 10.2. The Labute approximate surface area is 98.3 Å². The summed E-state index contributed by atoms with van der Waals surface area (Å²) in [4.78, 5) is 0. The largest absolute Gasteiger partial charge is 0.490 e. The molecular formula is C14H21NO. The SMILES string of the molecule is C=CCNCc1ccccc1OC(C)CC. The maximum atomic E-state index is 5.86. The smallest absolute Gasteiger partial charge is 0.124 e. The van der Waals surface area contributed by atoms with E-state index in [1.165, 1.54) is 5.56 Å². The van der Waals surface area contributed by atoms with Gasteiger partial charge in [-0.2, -0.15) is 0 Å². The number of nitrogens with one attached hydrogen (secondary N) is 1. The van der Waals surface area contributed by atoms with Gasteiger partial charge in [-0.1, -0.05) is 31.2 Å². The van der Waals surface area contributed by atoms with Gasteiger partial charge in [0.05, 0.1) is 6.10 Å². The molecule has 0 spiro atoms. The predicted octanol–water partition coefficient (Wildman–Crippen LogP) is 3.14. The van der Waals surface area contributed by atoms with Crippen molar-refractivity contribution in [3.63, 3.8) is 0 Å². The third kappa shape index (κ3) is 4.07. The highest BCUT2D eigenvalue weighted by Gasteiger charge is 2.05. The predicted molar refractivity (Wildman–Crippen MR) is 68.7 cm³/mol. The highest BCUT2D eigenvalue weighted by Crippen LogP contribution is 2.19. The Balaban J connectivity index is 2.63. The van der Waals surface area contributed by atoms with Crippen LogP contribution in [0, 0.1) is 0 Å². The van der Waals surface area contributed by atoms with Crippen molar-refractivity contribution in [2.45, 2.75) is 32.9 Å². The Morgan fingerprint density at radius 3 is 2.88 bits per heavy atom. The first-order valence-corrected chi connectivity index (χ1v) is 5.84. The lowest BCUT2D eigenvalue weighted by Crippen LogP contribution is -2.16. The van der Waals surface area contributed by atoms with Crippen LogP contribution < -0.4 is 10.1 Å². The zero-order valence-electron chi connectivity index (χ0n) is 10.2. The second-order valence-corrected chi connectivity index (χ2v) is 3.86. The second-order valence-electron chi connectivity index (χ2n) is 3.86. The first kappa shape index (κ1) is 12.8. The molecule has 0 aliphatic rings. The summed E-state index contributed by atoms with van der Waals surface area (Å²) in [5.41, 5.74) is 1.20. The van der Waals surface area contributed by atoms with Crippen LogP contribution in [0.1, 0.15) is 25.8 Å². The molecule has 1 unspecified atom stereocenters. The van der Waals surface area contributed by atoms with E-state index in [0.717, 1.165) is 25.3 Å². The van der Waals surface area contributed by atoms with Gasteiger partial charge in [0.25, 0.3) is 0 Å². The van der Waals surface area contributed by atoms with Gasteiger partial charge < -0.3 is 10.1 Å². The van der Waals surface area contributed by atoms with E-state index in [9.17, 15) is 0 Å². The van der Waals surface area contributed by atoms with Crippen molar-refractivity contribution in [1.29, 1.82) is 0 Å². The Bertz CT molecular complexity index is 322. The molecule has 88 valence electrons. The van der Waals surface area contributed by atoms with Gasteiger partial charge >= 0.3 is 0 Å². The zero-order chi connectivity index (χ0) is 11.8. The van der Waals surface area contributed by atoms with E-state index >= 15 is 0 Å². The Morgan fingerprint density at radius 2 is 2.19 bits per heavy atom. The molecule has 2 heteroatoms. The Hall–Kier alpha value is -1.28. The molecule has 0 saturated carbocycles. The third-order valence-corrected chi connectivity index (χ3v) is 2.48. The van der Waals surface area contributed by atoms with Crippen molar-refractivity contribution < 1.29 is 4.74 Å². The van der Waals surface area contributed by atoms with E-state index < -0.39 is 0 Å². The molecule has 0 fully saturated rings. The van der Waals surface area contributed by atoms with Crippen molar-refractivity contribution in [3.8, 4) is 5.75 Å². The average Bonchev–Trinajstić information content (AvgIpc) is 2.31. The summed E-state index contributed by atoms with van der Waals surface area (Å²) in [5, 5.41) is 3.28. The Kier molecular flexibility index (Phi) is 5.65. The summed E-state index contributed by atoms with van der Waals surface area (Å²) >= 11 is 0. The Morgan fingerprint density at radius 1 is 1.44 bits per heavy atom. The molecule has 1 N–H and O–H groups in total. The highest BCUT2D eigenvalue weighted by atomic mass is 16.5. The molecule has 0 aromatic heterocycles. The van der Waals surface area contributed by atoms with Crippen molar-refractivity contribution in [3.05, 3.63) is 42.5 Å². The third-order valence-electron chi connectivity index (χ3n) is 2.48. The van der Waals surface area contributed by atoms with Gasteiger partial charge in [-0.3, -0.25) is 0 Å². The van der Waals surface area contributed by atoms with Gasteiger partial charge in [0.15, 0.2) is 0 Å². The van der Waals surface area contributed by atoms with Crippen LogP contribution >= 0.6 is 0 Å². The molecular weight excluding hydrogens is 198 g/mol. The van der Waals surface area contributed by atoms with E-state index in [1.54, 1.807) is 0 Å². The maximum absolute atomic E-state index is 5.86. The minimum absolute atomic E-state index is 0.264. The first-order valence-electron chi connectivity index (χ1n) is 5.84. The van der Waals surface area contributed by atoms with Gasteiger partial charge in [0.1, 0.15) is 5.75 Å². The van der Waals surface area contributed by atoms with Crippen LogP contribution in [0.15, 0.2) is 36.9 Å². The van der Waals surface area contributed by atoms with Gasteiger partial charge in [-0.05, 0) is 19.4 Å². The lowest BCUT2D eigenvalue weighted by molar-refractivity contribution is 0.215. The van der Waals surface area contributed by atoms with Crippen LogP contribution in [-0.4, -0.2) is 12.6 Å². The minimum Gasteiger partial charge on any atom is -0.490 e.